The summed E-state index contributed by atoms with van der Waals surface area (Å²) in [4.78, 5) is 0.197. The second-order valence-electron chi connectivity index (χ2n) is 6.11. The van der Waals surface area contributed by atoms with E-state index in [1.54, 1.807) is 26.0 Å². The molecule has 26 heavy (non-hydrogen) atoms. The highest BCUT2D eigenvalue weighted by Gasteiger charge is 2.22. The zero-order valence-electron chi connectivity index (χ0n) is 14.8. The minimum absolute atomic E-state index is 0.197. The van der Waals surface area contributed by atoms with Gasteiger partial charge in [-0.1, -0.05) is 30.3 Å². The molecule has 0 atom stereocenters. The van der Waals surface area contributed by atoms with E-state index in [2.05, 4.69) is 32.4 Å². The monoisotopic (exact) mass is 370 g/mol. The zero-order valence-corrected chi connectivity index (χ0v) is 15.6. The van der Waals surface area contributed by atoms with Crippen molar-refractivity contribution in [2.24, 2.45) is 0 Å². The van der Waals surface area contributed by atoms with Gasteiger partial charge < -0.3 is 5.32 Å². The van der Waals surface area contributed by atoms with E-state index in [1.165, 1.54) is 5.56 Å². The van der Waals surface area contributed by atoms with Gasteiger partial charge in [-0.2, -0.15) is 5.10 Å². The van der Waals surface area contributed by atoms with Gasteiger partial charge in [0.05, 0.1) is 11.4 Å². The molecule has 0 spiro atoms. The van der Waals surface area contributed by atoms with Crippen molar-refractivity contribution in [2.75, 3.05) is 16.6 Å². The summed E-state index contributed by atoms with van der Waals surface area (Å²) in [6.07, 6.45) is 0.925. The summed E-state index contributed by atoms with van der Waals surface area (Å²) >= 11 is 0. The van der Waals surface area contributed by atoms with Crippen LogP contribution in [0.3, 0.4) is 0 Å². The van der Waals surface area contributed by atoms with Crippen LogP contribution in [-0.2, 0) is 16.4 Å². The van der Waals surface area contributed by atoms with Crippen molar-refractivity contribution >= 4 is 21.4 Å². The molecule has 0 unspecified atom stereocenters. The standard InChI is InChI=1S/C19H22N4O2S/c1-14-19(15(2)22-21-14)26(24,25)23-18-10-8-17(9-11-18)20-13-12-16-6-4-3-5-7-16/h3-11,20,23H,12-13H2,1-2H3,(H,21,22). The first kappa shape index (κ1) is 18.0. The van der Waals surface area contributed by atoms with E-state index in [0.29, 0.717) is 17.1 Å². The first-order valence-corrected chi connectivity index (χ1v) is 9.86. The molecule has 0 aliphatic carbocycles. The third-order valence-electron chi connectivity index (χ3n) is 4.05. The van der Waals surface area contributed by atoms with Crippen LogP contribution in [0.25, 0.3) is 0 Å². The van der Waals surface area contributed by atoms with Gasteiger partial charge in [-0.15, -0.1) is 0 Å². The summed E-state index contributed by atoms with van der Waals surface area (Å²) in [5.74, 6) is 0. The first-order valence-electron chi connectivity index (χ1n) is 8.38. The van der Waals surface area contributed by atoms with Gasteiger partial charge in [-0.3, -0.25) is 9.82 Å². The van der Waals surface area contributed by atoms with Crippen LogP contribution < -0.4 is 10.0 Å². The van der Waals surface area contributed by atoms with E-state index in [9.17, 15) is 8.42 Å². The number of aromatic nitrogens is 2. The van der Waals surface area contributed by atoms with E-state index in [0.717, 1.165) is 18.7 Å². The Morgan fingerprint density at radius 3 is 2.23 bits per heavy atom. The molecule has 3 rings (SSSR count). The highest BCUT2D eigenvalue weighted by atomic mass is 32.2. The van der Waals surface area contributed by atoms with Crippen molar-refractivity contribution in [3.63, 3.8) is 0 Å². The number of hydrogen-bond donors (Lipinski definition) is 3. The Hall–Kier alpha value is -2.80. The van der Waals surface area contributed by atoms with Crippen molar-refractivity contribution in [1.82, 2.24) is 10.2 Å². The summed E-state index contributed by atoms with van der Waals surface area (Å²) < 4.78 is 27.7. The Morgan fingerprint density at radius 1 is 0.962 bits per heavy atom. The maximum absolute atomic E-state index is 12.5. The Balaban J connectivity index is 1.61. The van der Waals surface area contributed by atoms with E-state index in [4.69, 9.17) is 0 Å². The van der Waals surface area contributed by atoms with Crippen LogP contribution in [0.4, 0.5) is 11.4 Å². The van der Waals surface area contributed by atoms with Gasteiger partial charge in [-0.05, 0) is 50.1 Å². The predicted molar refractivity (Wildman–Crippen MR) is 104 cm³/mol. The summed E-state index contributed by atoms with van der Waals surface area (Å²) in [6.45, 7) is 4.16. The maximum atomic E-state index is 12.5. The molecule has 0 aliphatic rings. The van der Waals surface area contributed by atoms with E-state index in [-0.39, 0.29) is 4.90 Å². The Labute approximate surface area is 153 Å². The van der Waals surface area contributed by atoms with Gasteiger partial charge in [-0.25, -0.2) is 8.42 Å². The summed E-state index contributed by atoms with van der Waals surface area (Å²) in [7, 11) is -3.66. The Morgan fingerprint density at radius 2 is 1.62 bits per heavy atom. The topological polar surface area (TPSA) is 86.9 Å². The fourth-order valence-corrected chi connectivity index (χ4v) is 4.23. The molecule has 0 saturated carbocycles. The summed E-state index contributed by atoms with van der Waals surface area (Å²) in [5, 5.41) is 9.97. The molecule has 0 radical (unpaired) electrons. The van der Waals surface area contributed by atoms with E-state index in [1.807, 2.05) is 30.3 Å². The Bertz CT molecular complexity index is 945. The normalized spacial score (nSPS) is 11.3. The number of hydrogen-bond acceptors (Lipinski definition) is 4. The molecule has 7 heteroatoms. The highest BCUT2D eigenvalue weighted by molar-refractivity contribution is 7.92. The van der Waals surface area contributed by atoms with Crippen molar-refractivity contribution in [2.45, 2.75) is 25.2 Å². The number of nitrogens with one attached hydrogen (secondary N) is 3. The van der Waals surface area contributed by atoms with Crippen LogP contribution in [-0.4, -0.2) is 25.2 Å². The van der Waals surface area contributed by atoms with Gasteiger partial charge >= 0.3 is 0 Å². The number of nitrogens with zero attached hydrogens (tertiary/aromatic N) is 1. The van der Waals surface area contributed by atoms with Crippen LogP contribution in [0.2, 0.25) is 0 Å². The molecule has 0 fully saturated rings. The number of aryl methyl sites for hydroxylation is 2. The molecule has 0 bridgehead atoms. The van der Waals surface area contributed by atoms with Crippen LogP contribution in [0, 0.1) is 13.8 Å². The van der Waals surface area contributed by atoms with Crippen LogP contribution in [0.1, 0.15) is 17.0 Å². The van der Waals surface area contributed by atoms with Crippen LogP contribution in [0.5, 0.6) is 0 Å². The fraction of sp³-hybridized carbons (Fsp3) is 0.211. The van der Waals surface area contributed by atoms with Crippen molar-refractivity contribution < 1.29 is 8.42 Å². The summed E-state index contributed by atoms with van der Waals surface area (Å²) in [5.41, 5.74) is 3.71. The van der Waals surface area contributed by atoms with Crippen LogP contribution >= 0.6 is 0 Å². The van der Waals surface area contributed by atoms with Crippen molar-refractivity contribution in [1.29, 1.82) is 0 Å². The van der Waals surface area contributed by atoms with Gasteiger partial charge in [0.2, 0.25) is 0 Å². The van der Waals surface area contributed by atoms with Gasteiger partial charge in [0.1, 0.15) is 4.90 Å². The smallest absolute Gasteiger partial charge is 0.265 e. The molecule has 0 saturated heterocycles. The van der Waals surface area contributed by atoms with Gasteiger partial charge in [0.25, 0.3) is 10.0 Å². The minimum atomic E-state index is -3.66. The second kappa shape index (κ2) is 7.61. The lowest BCUT2D eigenvalue weighted by atomic mass is 10.1. The molecule has 3 aromatic rings. The number of H-pyrrole nitrogens is 1. The quantitative estimate of drug-likeness (QED) is 0.594. The van der Waals surface area contributed by atoms with Crippen LogP contribution in [0.15, 0.2) is 59.5 Å². The SMILES string of the molecule is Cc1n[nH]c(C)c1S(=O)(=O)Nc1ccc(NCCc2ccccc2)cc1. The Kier molecular flexibility index (Phi) is 5.27. The van der Waals surface area contributed by atoms with E-state index < -0.39 is 10.0 Å². The number of anilines is 2. The van der Waals surface area contributed by atoms with E-state index >= 15 is 0 Å². The van der Waals surface area contributed by atoms with Crippen molar-refractivity contribution in [3.8, 4) is 0 Å². The fourth-order valence-electron chi connectivity index (χ4n) is 2.79. The third kappa shape index (κ3) is 4.23. The molecule has 0 amide bonds. The number of aromatic amines is 1. The molecule has 6 nitrogen and oxygen atoms in total. The number of sulfonamides is 1. The first-order chi connectivity index (χ1) is 12.5. The van der Waals surface area contributed by atoms with Gasteiger partial charge in [0, 0.05) is 17.9 Å². The predicted octanol–water partition coefficient (Wildman–Crippen LogP) is 3.48. The minimum Gasteiger partial charge on any atom is -0.385 e. The third-order valence-corrected chi connectivity index (χ3v) is 5.70. The largest absolute Gasteiger partial charge is 0.385 e. The lowest BCUT2D eigenvalue weighted by Crippen LogP contribution is -2.14. The molecule has 2 aromatic carbocycles. The van der Waals surface area contributed by atoms with Crippen molar-refractivity contribution in [3.05, 3.63) is 71.5 Å². The molecule has 136 valence electrons. The molecule has 1 aromatic heterocycles. The maximum Gasteiger partial charge on any atom is 0.265 e. The molecule has 3 N–H and O–H groups in total. The summed E-state index contributed by atoms with van der Waals surface area (Å²) in [6, 6.07) is 17.5. The average Bonchev–Trinajstić information content (AvgIpc) is 2.96. The molecular weight excluding hydrogens is 348 g/mol. The van der Waals surface area contributed by atoms with Gasteiger partial charge in [0.15, 0.2) is 0 Å². The lowest BCUT2D eigenvalue weighted by Gasteiger charge is -2.10. The molecular formula is C19H22N4O2S. The highest BCUT2D eigenvalue weighted by Crippen LogP contribution is 2.22. The lowest BCUT2D eigenvalue weighted by molar-refractivity contribution is 0.600. The average molecular weight is 370 g/mol. The second-order valence-corrected chi connectivity index (χ2v) is 7.73. The number of benzene rings is 2. The number of rotatable bonds is 7. The molecule has 0 aliphatic heterocycles. The zero-order chi connectivity index (χ0) is 18.6. The molecule has 1 heterocycles.